The maximum Gasteiger partial charge on any atom is 0.0669 e. The third kappa shape index (κ3) is 1.98. The van der Waals surface area contributed by atoms with Crippen LogP contribution in [0.4, 0.5) is 0 Å². The van der Waals surface area contributed by atoms with E-state index in [1.54, 1.807) is 0 Å². The molecule has 3 heteroatoms. The minimum atomic E-state index is 0.621. The number of rotatable bonds is 5. The van der Waals surface area contributed by atoms with Gasteiger partial charge in [-0.15, -0.1) is 0 Å². The Labute approximate surface area is 86.3 Å². The molecule has 0 unspecified atom stereocenters. The van der Waals surface area contributed by atoms with Gasteiger partial charge in [0.2, 0.25) is 0 Å². The van der Waals surface area contributed by atoms with Gasteiger partial charge in [0.25, 0.3) is 0 Å². The summed E-state index contributed by atoms with van der Waals surface area (Å²) >= 11 is 0. The smallest absolute Gasteiger partial charge is 0.0669 e. The summed E-state index contributed by atoms with van der Waals surface area (Å²) in [6, 6.07) is 0. The van der Waals surface area contributed by atoms with Gasteiger partial charge in [-0.2, -0.15) is 5.10 Å². The third-order valence-electron chi connectivity index (χ3n) is 2.56. The molecule has 14 heavy (non-hydrogen) atoms. The van der Waals surface area contributed by atoms with Crippen molar-refractivity contribution in [2.45, 2.75) is 53.1 Å². The molecule has 0 saturated heterocycles. The summed E-state index contributed by atoms with van der Waals surface area (Å²) in [5, 5.41) is 4.60. The first-order valence-electron chi connectivity index (χ1n) is 5.55. The molecule has 80 valence electrons. The summed E-state index contributed by atoms with van der Waals surface area (Å²) in [6.07, 6.45) is 3.14. The lowest BCUT2D eigenvalue weighted by atomic mass is 10.1. The Morgan fingerprint density at radius 1 is 1.21 bits per heavy atom. The molecule has 0 aromatic carbocycles. The van der Waals surface area contributed by atoms with Crippen molar-refractivity contribution in [3.63, 3.8) is 0 Å². The van der Waals surface area contributed by atoms with E-state index in [9.17, 15) is 0 Å². The van der Waals surface area contributed by atoms with Crippen LogP contribution in [0.25, 0.3) is 0 Å². The zero-order valence-corrected chi connectivity index (χ0v) is 9.51. The van der Waals surface area contributed by atoms with Gasteiger partial charge < -0.3 is 5.73 Å². The van der Waals surface area contributed by atoms with Crippen molar-refractivity contribution in [2.75, 3.05) is 0 Å². The second-order valence-corrected chi connectivity index (χ2v) is 3.51. The second-order valence-electron chi connectivity index (χ2n) is 3.51. The minimum absolute atomic E-state index is 0.621. The van der Waals surface area contributed by atoms with Gasteiger partial charge in [0, 0.05) is 24.3 Å². The van der Waals surface area contributed by atoms with Crippen LogP contribution in [0.5, 0.6) is 0 Å². The van der Waals surface area contributed by atoms with Crippen LogP contribution in [0.2, 0.25) is 0 Å². The fourth-order valence-electron chi connectivity index (χ4n) is 1.90. The fourth-order valence-corrected chi connectivity index (χ4v) is 1.90. The first kappa shape index (κ1) is 11.2. The Hall–Kier alpha value is -0.830. The van der Waals surface area contributed by atoms with Gasteiger partial charge in [0.1, 0.15) is 0 Å². The average Bonchev–Trinajstić information content (AvgIpc) is 2.55. The number of hydrogen-bond donors (Lipinski definition) is 1. The molecular formula is C11H21N3. The quantitative estimate of drug-likeness (QED) is 0.779. The van der Waals surface area contributed by atoms with Gasteiger partial charge >= 0.3 is 0 Å². The third-order valence-corrected chi connectivity index (χ3v) is 2.56. The molecule has 1 aromatic rings. The van der Waals surface area contributed by atoms with E-state index in [2.05, 4.69) is 30.6 Å². The van der Waals surface area contributed by atoms with Gasteiger partial charge in [0.15, 0.2) is 0 Å². The first-order valence-corrected chi connectivity index (χ1v) is 5.55. The van der Waals surface area contributed by atoms with E-state index in [0.717, 1.165) is 25.8 Å². The summed E-state index contributed by atoms with van der Waals surface area (Å²) in [7, 11) is 0. The van der Waals surface area contributed by atoms with Crippen molar-refractivity contribution >= 4 is 0 Å². The zero-order chi connectivity index (χ0) is 10.6. The highest BCUT2D eigenvalue weighted by molar-refractivity contribution is 5.26. The molecule has 1 rings (SSSR count). The Kier molecular flexibility index (Phi) is 4.14. The molecule has 0 aliphatic rings. The van der Waals surface area contributed by atoms with Crippen LogP contribution in [-0.2, 0) is 25.9 Å². The van der Waals surface area contributed by atoms with Crippen molar-refractivity contribution in [1.82, 2.24) is 9.78 Å². The standard InChI is InChI=1S/C11H21N3/c1-4-7-14-11(6-3)9(8-12)10(5-2)13-14/h4-8,12H2,1-3H3. The van der Waals surface area contributed by atoms with Crippen molar-refractivity contribution in [3.8, 4) is 0 Å². The van der Waals surface area contributed by atoms with E-state index in [0.29, 0.717) is 6.54 Å². The van der Waals surface area contributed by atoms with Gasteiger partial charge in [-0.1, -0.05) is 20.8 Å². The molecule has 0 aliphatic carbocycles. The summed E-state index contributed by atoms with van der Waals surface area (Å²) in [6.45, 7) is 8.11. The molecule has 0 radical (unpaired) electrons. The topological polar surface area (TPSA) is 43.8 Å². The summed E-state index contributed by atoms with van der Waals surface area (Å²) in [5.74, 6) is 0. The molecule has 3 nitrogen and oxygen atoms in total. The zero-order valence-electron chi connectivity index (χ0n) is 9.51. The van der Waals surface area contributed by atoms with Gasteiger partial charge in [0.05, 0.1) is 5.69 Å². The Morgan fingerprint density at radius 3 is 2.36 bits per heavy atom. The molecule has 0 bridgehead atoms. The van der Waals surface area contributed by atoms with Crippen LogP contribution in [0.1, 0.15) is 44.1 Å². The van der Waals surface area contributed by atoms with Crippen molar-refractivity contribution in [2.24, 2.45) is 5.73 Å². The first-order chi connectivity index (χ1) is 6.78. The van der Waals surface area contributed by atoms with Crippen LogP contribution in [0.15, 0.2) is 0 Å². The normalized spacial score (nSPS) is 10.9. The summed E-state index contributed by atoms with van der Waals surface area (Å²) < 4.78 is 2.13. The Bertz CT molecular complexity index is 289. The maximum atomic E-state index is 5.76. The molecule has 0 fully saturated rings. The molecule has 0 spiro atoms. The largest absolute Gasteiger partial charge is 0.326 e. The van der Waals surface area contributed by atoms with Gasteiger partial charge in [-0.25, -0.2) is 0 Å². The molecule has 0 aliphatic heterocycles. The highest BCUT2D eigenvalue weighted by Gasteiger charge is 2.12. The average molecular weight is 195 g/mol. The Balaban J connectivity index is 3.10. The van der Waals surface area contributed by atoms with E-state index in [-0.39, 0.29) is 0 Å². The lowest BCUT2D eigenvalue weighted by Crippen LogP contribution is -2.06. The maximum absolute atomic E-state index is 5.76. The number of aromatic nitrogens is 2. The van der Waals surface area contributed by atoms with Gasteiger partial charge in [-0.3, -0.25) is 4.68 Å². The molecule has 1 heterocycles. The highest BCUT2D eigenvalue weighted by atomic mass is 15.3. The van der Waals surface area contributed by atoms with E-state index in [4.69, 9.17) is 5.73 Å². The predicted molar refractivity (Wildman–Crippen MR) is 59.2 cm³/mol. The van der Waals surface area contributed by atoms with E-state index in [1.165, 1.54) is 17.0 Å². The van der Waals surface area contributed by atoms with Crippen LogP contribution in [0.3, 0.4) is 0 Å². The number of nitrogens with zero attached hydrogens (tertiary/aromatic N) is 2. The van der Waals surface area contributed by atoms with Crippen LogP contribution >= 0.6 is 0 Å². The van der Waals surface area contributed by atoms with Gasteiger partial charge in [-0.05, 0) is 19.3 Å². The molecule has 2 N–H and O–H groups in total. The minimum Gasteiger partial charge on any atom is -0.326 e. The van der Waals surface area contributed by atoms with Crippen LogP contribution in [0, 0.1) is 0 Å². The molecular weight excluding hydrogens is 174 g/mol. The Morgan fingerprint density at radius 2 is 1.93 bits per heavy atom. The molecule has 1 aromatic heterocycles. The van der Waals surface area contributed by atoms with Crippen LogP contribution < -0.4 is 5.73 Å². The fraction of sp³-hybridized carbons (Fsp3) is 0.727. The second kappa shape index (κ2) is 5.15. The lowest BCUT2D eigenvalue weighted by molar-refractivity contribution is 0.570. The van der Waals surface area contributed by atoms with Crippen LogP contribution in [-0.4, -0.2) is 9.78 Å². The number of hydrogen-bond acceptors (Lipinski definition) is 2. The molecule has 0 amide bonds. The van der Waals surface area contributed by atoms with E-state index >= 15 is 0 Å². The van der Waals surface area contributed by atoms with Crippen molar-refractivity contribution < 1.29 is 0 Å². The van der Waals surface area contributed by atoms with E-state index in [1.807, 2.05) is 0 Å². The summed E-state index contributed by atoms with van der Waals surface area (Å²) in [5.41, 5.74) is 9.53. The van der Waals surface area contributed by atoms with Crippen molar-refractivity contribution in [1.29, 1.82) is 0 Å². The highest BCUT2D eigenvalue weighted by Crippen LogP contribution is 2.15. The summed E-state index contributed by atoms with van der Waals surface area (Å²) in [4.78, 5) is 0. The van der Waals surface area contributed by atoms with Crippen molar-refractivity contribution in [3.05, 3.63) is 17.0 Å². The molecule has 0 atom stereocenters. The lowest BCUT2D eigenvalue weighted by Gasteiger charge is -2.04. The predicted octanol–water partition coefficient (Wildman–Crippen LogP) is 1.88. The number of nitrogens with two attached hydrogens (primary N) is 1. The van der Waals surface area contributed by atoms with E-state index < -0.39 is 0 Å². The SMILES string of the molecule is CCCn1nc(CC)c(CN)c1CC. The molecule has 0 saturated carbocycles. The number of aryl methyl sites for hydroxylation is 2. The monoisotopic (exact) mass is 195 g/mol.